The van der Waals surface area contributed by atoms with E-state index in [2.05, 4.69) is 12.1 Å². The van der Waals surface area contributed by atoms with Crippen LogP contribution in [-0.4, -0.2) is 27.9 Å². The highest BCUT2D eigenvalue weighted by molar-refractivity contribution is 6.05. The Kier molecular flexibility index (Phi) is 11.0. The fourth-order valence-corrected chi connectivity index (χ4v) is 5.60. The minimum absolute atomic E-state index is 0.174. The van der Waals surface area contributed by atoms with Gasteiger partial charge in [0.1, 0.15) is 28.2 Å². The van der Waals surface area contributed by atoms with Gasteiger partial charge in [-0.05, 0) is 42.7 Å². The molecule has 7 nitrogen and oxygen atoms in total. The Morgan fingerprint density at radius 1 is 0.659 bits per heavy atom. The van der Waals surface area contributed by atoms with Crippen LogP contribution in [0, 0.1) is 0 Å². The van der Waals surface area contributed by atoms with Crippen molar-refractivity contribution in [3.8, 4) is 28.6 Å². The van der Waals surface area contributed by atoms with E-state index in [1.807, 2.05) is 30.3 Å². The predicted octanol–water partition coefficient (Wildman–Crippen LogP) is 9.11. The number of unbranched alkanes of at least 4 members (excludes halogenated alkanes) is 7. The highest BCUT2D eigenvalue weighted by Crippen LogP contribution is 2.37. The lowest BCUT2D eigenvalue weighted by atomic mass is 10.1. The minimum Gasteiger partial charge on any atom is -0.496 e. The zero-order valence-electron chi connectivity index (χ0n) is 26.0. The van der Waals surface area contributed by atoms with Crippen LogP contribution in [-0.2, 0) is 17.8 Å². The Morgan fingerprint density at radius 2 is 1.36 bits per heavy atom. The van der Waals surface area contributed by atoms with Crippen molar-refractivity contribution in [2.45, 2.75) is 64.4 Å². The highest BCUT2D eigenvalue weighted by atomic mass is 16.5. The third-order valence-corrected chi connectivity index (χ3v) is 7.97. The van der Waals surface area contributed by atoms with Gasteiger partial charge in [-0.3, -0.25) is 4.79 Å². The quantitative estimate of drug-likeness (QED) is 0.0988. The van der Waals surface area contributed by atoms with Gasteiger partial charge in [-0.1, -0.05) is 68.9 Å². The van der Waals surface area contributed by atoms with Crippen LogP contribution in [0.15, 0.2) is 80.4 Å². The first kappa shape index (κ1) is 31.2. The summed E-state index contributed by atoms with van der Waals surface area (Å²) in [6, 6.07) is 21.0. The minimum atomic E-state index is -0.174. The van der Waals surface area contributed by atoms with E-state index in [0.717, 1.165) is 43.4 Å². The zero-order valence-corrected chi connectivity index (χ0v) is 26.0. The van der Waals surface area contributed by atoms with Crippen LogP contribution < -0.4 is 19.6 Å². The van der Waals surface area contributed by atoms with Crippen LogP contribution in [0.2, 0.25) is 0 Å². The van der Waals surface area contributed by atoms with Crippen LogP contribution in [0.1, 0.15) is 62.7 Å². The van der Waals surface area contributed by atoms with Gasteiger partial charge in [-0.25, -0.2) is 0 Å². The maximum Gasteiger partial charge on any atom is 0.197 e. The molecule has 0 radical (unpaired) electrons. The van der Waals surface area contributed by atoms with Crippen LogP contribution in [0.5, 0.6) is 17.2 Å². The van der Waals surface area contributed by atoms with Gasteiger partial charge in [0.15, 0.2) is 22.5 Å². The second-order valence-electron chi connectivity index (χ2n) is 11.1. The van der Waals surface area contributed by atoms with Gasteiger partial charge in [-0.15, -0.1) is 0 Å². The molecule has 0 amide bonds. The molecule has 7 heteroatoms. The van der Waals surface area contributed by atoms with Crippen LogP contribution >= 0.6 is 0 Å². The number of ether oxygens (including phenoxy) is 4. The zero-order chi connectivity index (χ0) is 30.7. The Labute approximate surface area is 258 Å². The molecule has 0 fully saturated rings. The van der Waals surface area contributed by atoms with E-state index in [9.17, 15) is 4.79 Å². The van der Waals surface area contributed by atoms with Crippen LogP contribution in [0.3, 0.4) is 0 Å². The fourth-order valence-electron chi connectivity index (χ4n) is 5.60. The van der Waals surface area contributed by atoms with Crippen molar-refractivity contribution in [3.63, 3.8) is 0 Å². The van der Waals surface area contributed by atoms with E-state index in [-0.39, 0.29) is 5.43 Å². The van der Waals surface area contributed by atoms with Gasteiger partial charge in [-0.2, -0.15) is 0 Å². The highest BCUT2D eigenvalue weighted by Gasteiger charge is 2.19. The van der Waals surface area contributed by atoms with Crippen molar-refractivity contribution in [1.82, 2.24) is 0 Å². The lowest BCUT2D eigenvalue weighted by Gasteiger charge is -2.10. The summed E-state index contributed by atoms with van der Waals surface area (Å²) in [5.41, 5.74) is 2.68. The number of fused-ring (bicyclic) bond motifs is 3. The molecule has 0 aliphatic rings. The van der Waals surface area contributed by atoms with Gasteiger partial charge in [0.25, 0.3) is 0 Å². The van der Waals surface area contributed by atoms with Gasteiger partial charge >= 0.3 is 0 Å². The third-order valence-electron chi connectivity index (χ3n) is 7.97. The number of benzene rings is 3. The lowest BCUT2D eigenvalue weighted by Crippen LogP contribution is -2.01. The molecule has 0 aliphatic carbocycles. The third kappa shape index (κ3) is 7.64. The lowest BCUT2D eigenvalue weighted by molar-refractivity contribution is 0.116. The van der Waals surface area contributed by atoms with E-state index in [0.29, 0.717) is 51.7 Å². The molecule has 0 N–H and O–H groups in total. The summed E-state index contributed by atoms with van der Waals surface area (Å²) >= 11 is 0. The number of hydrogen-bond acceptors (Lipinski definition) is 7. The fraction of sp³-hybridized carbons (Fsp3) is 0.378. The molecular weight excluding hydrogens is 556 g/mol. The molecule has 0 spiro atoms. The van der Waals surface area contributed by atoms with E-state index in [1.54, 1.807) is 39.5 Å². The number of furan rings is 1. The molecule has 0 saturated carbocycles. The van der Waals surface area contributed by atoms with Crippen molar-refractivity contribution >= 4 is 21.9 Å². The summed E-state index contributed by atoms with van der Waals surface area (Å²) in [7, 11) is 4.76. The summed E-state index contributed by atoms with van der Waals surface area (Å²) in [6.07, 6.45) is 10.3. The topological polar surface area (TPSA) is 80.3 Å². The molecule has 0 atom stereocenters. The molecule has 44 heavy (non-hydrogen) atoms. The summed E-state index contributed by atoms with van der Waals surface area (Å²) in [5.74, 6) is 3.04. The van der Waals surface area contributed by atoms with Gasteiger partial charge in [0.05, 0.1) is 33.3 Å². The molecule has 2 heterocycles. The molecule has 2 aromatic heterocycles. The first-order valence-corrected chi connectivity index (χ1v) is 15.5. The Hall–Kier alpha value is -4.23. The number of methoxy groups -OCH3 is 3. The van der Waals surface area contributed by atoms with Crippen molar-refractivity contribution in [3.05, 3.63) is 88.3 Å². The van der Waals surface area contributed by atoms with E-state index < -0.39 is 0 Å². The Morgan fingerprint density at radius 3 is 2.09 bits per heavy atom. The molecule has 3 aromatic carbocycles. The SMILES string of the molecule is COc1ccc(-c2cc(=O)c3c(cc(OC)c4cc(CCCCCCCCCCOCc5ccccc5)oc43)o2)cc1OC. The predicted molar refractivity (Wildman–Crippen MR) is 174 cm³/mol. The normalized spacial score (nSPS) is 11.3. The first-order chi connectivity index (χ1) is 21.6. The molecule has 0 unspecified atom stereocenters. The Bertz CT molecular complexity index is 1700. The van der Waals surface area contributed by atoms with Gasteiger partial charge in [0.2, 0.25) is 0 Å². The second kappa shape index (κ2) is 15.5. The van der Waals surface area contributed by atoms with Crippen LogP contribution in [0.25, 0.3) is 33.3 Å². The first-order valence-electron chi connectivity index (χ1n) is 15.5. The van der Waals surface area contributed by atoms with Crippen molar-refractivity contribution in [2.24, 2.45) is 0 Å². The summed E-state index contributed by atoms with van der Waals surface area (Å²) < 4.78 is 34.7. The van der Waals surface area contributed by atoms with E-state index >= 15 is 0 Å². The molecule has 0 saturated heterocycles. The standard InChI is InChI=1S/C37H42O7/c1-39-31-19-18-27(21-34(31)41-3)32-23-30(38)36-35(44-32)24-33(40-2)29-22-28(43-37(29)36)17-13-8-6-4-5-7-9-14-20-42-25-26-15-11-10-12-16-26/h10-12,15-16,18-19,21-24H,4-9,13-14,17,20,25H2,1-3H3. The molecule has 232 valence electrons. The number of rotatable bonds is 17. The average molecular weight is 599 g/mol. The van der Waals surface area contributed by atoms with Crippen LogP contribution in [0.4, 0.5) is 0 Å². The maximum absolute atomic E-state index is 13.4. The average Bonchev–Trinajstić information content (AvgIpc) is 3.48. The van der Waals surface area contributed by atoms with E-state index in [1.165, 1.54) is 43.7 Å². The van der Waals surface area contributed by atoms with Gasteiger partial charge < -0.3 is 27.8 Å². The van der Waals surface area contributed by atoms with Gasteiger partial charge in [0, 0.05) is 30.7 Å². The number of aryl methyl sites for hydroxylation is 1. The maximum atomic E-state index is 13.4. The summed E-state index contributed by atoms with van der Waals surface area (Å²) in [6.45, 7) is 1.53. The van der Waals surface area contributed by atoms with Crippen molar-refractivity contribution in [1.29, 1.82) is 0 Å². The largest absolute Gasteiger partial charge is 0.496 e. The molecule has 5 aromatic rings. The summed E-state index contributed by atoms with van der Waals surface area (Å²) in [4.78, 5) is 13.4. The Balaban J connectivity index is 1.12. The molecular formula is C37H42O7. The van der Waals surface area contributed by atoms with E-state index in [4.69, 9.17) is 27.8 Å². The number of hydrogen-bond donors (Lipinski definition) is 0. The van der Waals surface area contributed by atoms with Crippen molar-refractivity contribution in [2.75, 3.05) is 27.9 Å². The molecule has 0 aliphatic heterocycles. The van der Waals surface area contributed by atoms with Crippen molar-refractivity contribution < 1.29 is 27.8 Å². The summed E-state index contributed by atoms with van der Waals surface area (Å²) in [5, 5.41) is 1.20. The molecule has 5 rings (SSSR count). The second-order valence-corrected chi connectivity index (χ2v) is 11.1. The smallest absolute Gasteiger partial charge is 0.197 e. The molecule has 0 bridgehead atoms. The monoisotopic (exact) mass is 598 g/mol.